The number of thiophene rings is 1. The maximum Gasteiger partial charge on any atom is 0.0964 e. The lowest BCUT2D eigenvalue weighted by atomic mass is 10.4. The third-order valence-electron chi connectivity index (χ3n) is 1.93. The Balaban J connectivity index is 1.83. The predicted molar refractivity (Wildman–Crippen MR) is 63.6 cm³/mol. The number of halogens is 1. The van der Waals surface area contributed by atoms with Gasteiger partial charge >= 0.3 is 0 Å². The van der Waals surface area contributed by atoms with Crippen LogP contribution in [0.4, 0.5) is 0 Å². The largest absolute Gasteiger partial charge is 0.306 e. The first-order chi connectivity index (χ1) is 7.25. The molecule has 0 aromatic carbocycles. The van der Waals surface area contributed by atoms with Gasteiger partial charge in [-0.2, -0.15) is 0 Å². The minimum Gasteiger partial charge on any atom is -0.306 e. The first-order valence-corrected chi connectivity index (χ1v) is 6.21. The van der Waals surface area contributed by atoms with E-state index in [0.29, 0.717) is 0 Å². The highest BCUT2D eigenvalue weighted by atomic mass is 79.9. The number of hydrogen-bond acceptors (Lipinski definition) is 4. The van der Waals surface area contributed by atoms with E-state index in [1.54, 1.807) is 16.0 Å². The Labute approximate surface area is 100 Å². The molecule has 1 N–H and O–H groups in total. The van der Waals surface area contributed by atoms with Gasteiger partial charge < -0.3 is 5.32 Å². The van der Waals surface area contributed by atoms with Crippen molar-refractivity contribution in [2.45, 2.75) is 13.1 Å². The van der Waals surface area contributed by atoms with Crippen molar-refractivity contribution in [3.8, 4) is 0 Å². The Morgan fingerprint density at radius 1 is 1.53 bits per heavy atom. The van der Waals surface area contributed by atoms with Crippen LogP contribution in [0.3, 0.4) is 0 Å². The average molecular weight is 287 g/mol. The lowest BCUT2D eigenvalue weighted by molar-refractivity contribution is 0.678. The van der Waals surface area contributed by atoms with Crippen molar-refractivity contribution in [3.05, 3.63) is 32.7 Å². The summed E-state index contributed by atoms with van der Waals surface area (Å²) in [6.07, 6.45) is 1.91. The van der Waals surface area contributed by atoms with E-state index in [2.05, 4.69) is 43.0 Å². The molecule has 0 aliphatic heterocycles. The molecule has 2 aromatic heterocycles. The molecule has 2 rings (SSSR count). The first kappa shape index (κ1) is 10.8. The van der Waals surface area contributed by atoms with Gasteiger partial charge in [-0.1, -0.05) is 5.21 Å². The second-order valence-corrected chi connectivity index (χ2v) is 5.03. The zero-order valence-electron chi connectivity index (χ0n) is 8.27. The Bertz CT molecular complexity index is 437. The minimum atomic E-state index is 0.748. The molecular weight excluding hydrogens is 276 g/mol. The van der Waals surface area contributed by atoms with Crippen LogP contribution >= 0.6 is 27.3 Å². The molecule has 2 aromatic rings. The summed E-state index contributed by atoms with van der Waals surface area (Å²) < 4.78 is 2.87. The standard InChI is InChI=1S/C9H11BrN4S/c1-14-6-7(12-13-14)4-11-5-9-8(10)2-3-15-9/h2-3,6,11H,4-5H2,1H3. The van der Waals surface area contributed by atoms with Crippen LogP contribution in [-0.2, 0) is 20.1 Å². The molecule has 0 aliphatic carbocycles. The second-order valence-electron chi connectivity index (χ2n) is 3.18. The summed E-state index contributed by atoms with van der Waals surface area (Å²) in [6, 6.07) is 2.06. The highest BCUT2D eigenvalue weighted by Gasteiger charge is 2.01. The number of nitrogens with zero attached hydrogens (tertiary/aromatic N) is 3. The summed E-state index contributed by atoms with van der Waals surface area (Å²) >= 11 is 5.23. The van der Waals surface area contributed by atoms with Crippen LogP contribution in [0.15, 0.2) is 22.1 Å². The van der Waals surface area contributed by atoms with Crippen molar-refractivity contribution in [1.29, 1.82) is 0 Å². The zero-order valence-corrected chi connectivity index (χ0v) is 10.7. The van der Waals surface area contributed by atoms with Crippen LogP contribution in [-0.4, -0.2) is 15.0 Å². The van der Waals surface area contributed by atoms with Gasteiger partial charge in [-0.3, -0.25) is 4.68 Å². The normalized spacial score (nSPS) is 10.8. The van der Waals surface area contributed by atoms with Gasteiger partial charge in [0.1, 0.15) is 0 Å². The highest BCUT2D eigenvalue weighted by Crippen LogP contribution is 2.22. The molecule has 0 aliphatic rings. The van der Waals surface area contributed by atoms with Gasteiger partial charge in [0.2, 0.25) is 0 Å². The SMILES string of the molecule is Cn1cc(CNCc2sccc2Br)nn1. The van der Waals surface area contributed by atoms with Gasteiger partial charge in [-0.05, 0) is 27.4 Å². The molecule has 4 nitrogen and oxygen atoms in total. The van der Waals surface area contributed by atoms with Crippen LogP contribution in [0.1, 0.15) is 10.6 Å². The summed E-state index contributed by atoms with van der Waals surface area (Å²) in [5.41, 5.74) is 0.963. The Hall–Kier alpha value is -0.720. The molecule has 0 unspecified atom stereocenters. The van der Waals surface area contributed by atoms with Gasteiger partial charge in [0.15, 0.2) is 0 Å². The van der Waals surface area contributed by atoms with Crippen molar-refractivity contribution in [2.75, 3.05) is 0 Å². The Kier molecular flexibility index (Phi) is 3.50. The topological polar surface area (TPSA) is 42.7 Å². The Morgan fingerprint density at radius 3 is 3.00 bits per heavy atom. The van der Waals surface area contributed by atoms with Crippen molar-refractivity contribution < 1.29 is 0 Å². The molecule has 0 fully saturated rings. The minimum absolute atomic E-state index is 0.748. The van der Waals surface area contributed by atoms with E-state index in [1.165, 1.54) is 9.35 Å². The Morgan fingerprint density at radius 2 is 2.40 bits per heavy atom. The van der Waals surface area contributed by atoms with Crippen LogP contribution in [0.2, 0.25) is 0 Å². The predicted octanol–water partition coefficient (Wildman–Crippen LogP) is 1.93. The highest BCUT2D eigenvalue weighted by molar-refractivity contribution is 9.10. The van der Waals surface area contributed by atoms with Gasteiger partial charge in [0.05, 0.1) is 5.69 Å². The first-order valence-electron chi connectivity index (χ1n) is 4.53. The maximum atomic E-state index is 4.00. The van der Waals surface area contributed by atoms with Gasteiger partial charge in [0, 0.05) is 35.7 Å². The van der Waals surface area contributed by atoms with E-state index in [0.717, 1.165) is 18.8 Å². The number of aromatic nitrogens is 3. The number of aryl methyl sites for hydroxylation is 1. The third kappa shape index (κ3) is 2.87. The molecule has 0 bridgehead atoms. The maximum absolute atomic E-state index is 4.00. The quantitative estimate of drug-likeness (QED) is 0.934. The molecule has 0 atom stereocenters. The van der Waals surface area contributed by atoms with E-state index in [1.807, 2.05) is 13.2 Å². The molecule has 0 spiro atoms. The summed E-state index contributed by atoms with van der Waals surface area (Å²) in [4.78, 5) is 1.30. The van der Waals surface area contributed by atoms with E-state index in [9.17, 15) is 0 Å². The second kappa shape index (κ2) is 4.87. The van der Waals surface area contributed by atoms with Crippen molar-refractivity contribution in [3.63, 3.8) is 0 Å². The fourth-order valence-corrected chi connectivity index (χ4v) is 2.69. The summed E-state index contributed by atoms with van der Waals surface area (Å²) in [7, 11) is 1.87. The van der Waals surface area contributed by atoms with Crippen molar-refractivity contribution in [2.24, 2.45) is 7.05 Å². The molecule has 6 heteroatoms. The summed E-state index contributed by atoms with van der Waals surface area (Å²) in [5, 5.41) is 13.3. The van der Waals surface area contributed by atoms with E-state index >= 15 is 0 Å². The van der Waals surface area contributed by atoms with E-state index < -0.39 is 0 Å². The van der Waals surface area contributed by atoms with Gasteiger partial charge in [0.25, 0.3) is 0 Å². The van der Waals surface area contributed by atoms with E-state index in [-0.39, 0.29) is 0 Å². The van der Waals surface area contributed by atoms with Crippen LogP contribution in [0.5, 0.6) is 0 Å². The van der Waals surface area contributed by atoms with Crippen LogP contribution < -0.4 is 5.32 Å². The molecule has 15 heavy (non-hydrogen) atoms. The molecule has 80 valence electrons. The molecule has 0 saturated heterocycles. The molecule has 2 heterocycles. The average Bonchev–Trinajstić information content (AvgIpc) is 2.77. The summed E-state index contributed by atoms with van der Waals surface area (Å²) in [5.74, 6) is 0. The number of rotatable bonds is 4. The van der Waals surface area contributed by atoms with Gasteiger partial charge in [-0.25, -0.2) is 0 Å². The molecule has 0 amide bonds. The lowest BCUT2D eigenvalue weighted by Gasteiger charge is -2.00. The molecule has 0 radical (unpaired) electrons. The molecular formula is C9H11BrN4S. The van der Waals surface area contributed by atoms with Gasteiger partial charge in [-0.15, -0.1) is 16.4 Å². The van der Waals surface area contributed by atoms with E-state index in [4.69, 9.17) is 0 Å². The van der Waals surface area contributed by atoms with Crippen LogP contribution in [0.25, 0.3) is 0 Å². The third-order valence-corrected chi connectivity index (χ3v) is 3.86. The van der Waals surface area contributed by atoms with Crippen molar-refractivity contribution in [1.82, 2.24) is 20.3 Å². The number of nitrogens with one attached hydrogen (secondary N) is 1. The molecule has 0 saturated carbocycles. The smallest absolute Gasteiger partial charge is 0.0964 e. The van der Waals surface area contributed by atoms with Crippen molar-refractivity contribution >= 4 is 27.3 Å². The summed E-state index contributed by atoms with van der Waals surface area (Å²) in [6.45, 7) is 1.60. The van der Waals surface area contributed by atoms with Crippen LogP contribution in [0, 0.1) is 0 Å². The fraction of sp³-hybridized carbons (Fsp3) is 0.333. The lowest BCUT2D eigenvalue weighted by Crippen LogP contribution is -2.12. The zero-order chi connectivity index (χ0) is 10.7. The fourth-order valence-electron chi connectivity index (χ4n) is 1.23. The monoisotopic (exact) mass is 286 g/mol. The number of hydrogen-bond donors (Lipinski definition) is 1.